The molecule has 6 nitrogen and oxygen atoms in total. The van der Waals surface area contributed by atoms with Crippen LogP contribution in [0, 0.1) is 6.92 Å². The highest BCUT2D eigenvalue weighted by Gasteiger charge is 2.32. The summed E-state index contributed by atoms with van der Waals surface area (Å²) in [5.41, 5.74) is 2.49. The average Bonchev–Trinajstić information content (AvgIpc) is 3.21. The van der Waals surface area contributed by atoms with Crippen LogP contribution in [-0.2, 0) is 4.79 Å². The lowest BCUT2D eigenvalue weighted by Gasteiger charge is -2.27. The molecule has 2 aromatic carbocycles. The summed E-state index contributed by atoms with van der Waals surface area (Å²) in [7, 11) is 3.23. The van der Waals surface area contributed by atoms with Gasteiger partial charge in [-0.15, -0.1) is 0 Å². The van der Waals surface area contributed by atoms with Crippen LogP contribution in [0.2, 0.25) is 0 Å². The van der Waals surface area contributed by atoms with Gasteiger partial charge in [0, 0.05) is 17.7 Å². The van der Waals surface area contributed by atoms with Crippen LogP contribution in [0.4, 0.5) is 0 Å². The molecule has 0 radical (unpaired) electrons. The fraction of sp³-hybridized carbons (Fsp3) is 0.364. The number of benzene rings is 2. The predicted molar refractivity (Wildman–Crippen MR) is 107 cm³/mol. The Bertz CT molecular complexity index is 865. The topological polar surface area (TPSA) is 67.9 Å². The minimum absolute atomic E-state index is 0.0322. The first-order valence-electron chi connectivity index (χ1n) is 9.39. The monoisotopic (exact) mass is 382 g/mol. The van der Waals surface area contributed by atoms with Gasteiger partial charge in [-0.3, -0.25) is 9.59 Å². The number of amides is 2. The summed E-state index contributed by atoms with van der Waals surface area (Å²) in [6, 6.07) is 12.8. The molecule has 6 heteroatoms. The van der Waals surface area contributed by atoms with Gasteiger partial charge in [-0.1, -0.05) is 17.7 Å². The predicted octanol–water partition coefficient (Wildman–Crippen LogP) is 3.11. The summed E-state index contributed by atoms with van der Waals surface area (Å²) in [4.78, 5) is 27.0. The molecule has 1 unspecified atom stereocenters. The molecular formula is C22H26N2O4. The summed E-state index contributed by atoms with van der Waals surface area (Å²) < 4.78 is 10.8. The lowest BCUT2D eigenvalue weighted by Crippen LogP contribution is -2.40. The summed E-state index contributed by atoms with van der Waals surface area (Å²) in [5.74, 6) is 1.11. The van der Waals surface area contributed by atoms with Crippen molar-refractivity contribution >= 4 is 11.8 Å². The molecule has 1 aliphatic rings. The van der Waals surface area contributed by atoms with E-state index in [0.29, 0.717) is 12.1 Å². The van der Waals surface area contributed by atoms with Gasteiger partial charge in [0.25, 0.3) is 5.91 Å². The molecule has 0 spiro atoms. The Morgan fingerprint density at radius 3 is 2.68 bits per heavy atom. The van der Waals surface area contributed by atoms with Gasteiger partial charge in [-0.25, -0.2) is 0 Å². The maximum Gasteiger partial charge on any atom is 0.251 e. The Balaban J connectivity index is 1.70. The summed E-state index contributed by atoms with van der Waals surface area (Å²) in [6.07, 6.45) is 1.75. The van der Waals surface area contributed by atoms with E-state index < -0.39 is 0 Å². The molecule has 2 aromatic rings. The second-order valence-electron chi connectivity index (χ2n) is 6.91. The molecule has 0 saturated carbocycles. The third-order valence-corrected chi connectivity index (χ3v) is 5.05. The van der Waals surface area contributed by atoms with Gasteiger partial charge in [0.05, 0.1) is 26.8 Å². The van der Waals surface area contributed by atoms with Crippen molar-refractivity contribution in [3.63, 3.8) is 0 Å². The molecule has 3 rings (SSSR count). The molecule has 1 heterocycles. The number of ether oxygens (including phenoxy) is 2. The lowest BCUT2D eigenvalue weighted by molar-refractivity contribution is -0.131. The second kappa shape index (κ2) is 8.78. The van der Waals surface area contributed by atoms with Crippen molar-refractivity contribution in [3.05, 3.63) is 59.2 Å². The van der Waals surface area contributed by atoms with Crippen LogP contribution in [0.15, 0.2) is 42.5 Å². The molecule has 148 valence electrons. The molecule has 1 atom stereocenters. The Labute approximate surface area is 165 Å². The Morgan fingerprint density at radius 1 is 1.14 bits per heavy atom. The third kappa shape index (κ3) is 4.27. The number of nitrogens with one attached hydrogen (secondary N) is 1. The molecule has 0 aromatic heterocycles. The van der Waals surface area contributed by atoms with E-state index in [1.165, 1.54) is 0 Å². The Morgan fingerprint density at radius 2 is 1.96 bits per heavy atom. The smallest absolute Gasteiger partial charge is 0.251 e. The lowest BCUT2D eigenvalue weighted by atomic mass is 10.0. The molecule has 1 fully saturated rings. The first-order chi connectivity index (χ1) is 13.5. The molecule has 1 saturated heterocycles. The fourth-order valence-electron chi connectivity index (χ4n) is 3.63. The quantitative estimate of drug-likeness (QED) is 0.834. The van der Waals surface area contributed by atoms with Crippen LogP contribution in [-0.4, -0.2) is 44.0 Å². The number of carbonyl (C=O) groups is 2. The number of likely N-dealkylation sites (tertiary alicyclic amines) is 1. The molecule has 28 heavy (non-hydrogen) atoms. The number of hydrogen-bond donors (Lipinski definition) is 1. The van der Waals surface area contributed by atoms with Crippen LogP contribution in [0.25, 0.3) is 0 Å². The molecule has 1 N–H and O–H groups in total. The van der Waals surface area contributed by atoms with E-state index >= 15 is 0 Å². The van der Waals surface area contributed by atoms with E-state index in [4.69, 9.17) is 9.47 Å². The highest BCUT2D eigenvalue weighted by molar-refractivity contribution is 5.96. The summed E-state index contributed by atoms with van der Waals surface area (Å²) in [6.45, 7) is 2.55. The first kappa shape index (κ1) is 19.7. The standard InChI is InChI=1S/C22H26N2O4/c1-15-6-4-7-16(12-15)22(26)23-14-21(25)24-11-5-8-19(24)18-13-17(27-2)9-10-20(18)28-3/h4,6-7,9-10,12-13,19H,5,8,11,14H2,1-3H3,(H,23,26). The number of carbonyl (C=O) groups excluding carboxylic acids is 2. The van der Waals surface area contributed by atoms with Crippen LogP contribution >= 0.6 is 0 Å². The summed E-state index contributed by atoms with van der Waals surface area (Å²) in [5, 5.41) is 2.74. The number of aryl methyl sites for hydroxylation is 1. The molecule has 2 amide bonds. The van der Waals surface area contributed by atoms with Crippen molar-refractivity contribution in [2.75, 3.05) is 27.3 Å². The van der Waals surface area contributed by atoms with Crippen molar-refractivity contribution in [1.82, 2.24) is 10.2 Å². The van der Waals surface area contributed by atoms with Crippen LogP contribution in [0.3, 0.4) is 0 Å². The normalized spacial score (nSPS) is 16.0. The zero-order valence-corrected chi connectivity index (χ0v) is 16.5. The minimum Gasteiger partial charge on any atom is -0.497 e. The van der Waals surface area contributed by atoms with E-state index in [0.717, 1.165) is 35.5 Å². The SMILES string of the molecule is COc1ccc(OC)c(C2CCCN2C(=O)CNC(=O)c2cccc(C)c2)c1. The number of hydrogen-bond acceptors (Lipinski definition) is 4. The Kier molecular flexibility index (Phi) is 6.19. The van der Waals surface area contributed by atoms with Gasteiger partial charge in [0.1, 0.15) is 11.5 Å². The molecule has 0 bridgehead atoms. The van der Waals surface area contributed by atoms with Crippen molar-refractivity contribution in [2.45, 2.75) is 25.8 Å². The van der Waals surface area contributed by atoms with Gasteiger partial charge in [0.2, 0.25) is 5.91 Å². The van der Waals surface area contributed by atoms with E-state index in [9.17, 15) is 9.59 Å². The van der Waals surface area contributed by atoms with Crippen LogP contribution < -0.4 is 14.8 Å². The van der Waals surface area contributed by atoms with Gasteiger partial charge in [0.15, 0.2) is 0 Å². The average molecular weight is 382 g/mol. The zero-order chi connectivity index (χ0) is 20.1. The second-order valence-corrected chi connectivity index (χ2v) is 6.91. The third-order valence-electron chi connectivity index (χ3n) is 5.05. The number of rotatable bonds is 6. The van der Waals surface area contributed by atoms with Crippen molar-refractivity contribution in [3.8, 4) is 11.5 Å². The first-order valence-corrected chi connectivity index (χ1v) is 9.39. The van der Waals surface area contributed by atoms with Crippen molar-refractivity contribution < 1.29 is 19.1 Å². The van der Waals surface area contributed by atoms with Gasteiger partial charge >= 0.3 is 0 Å². The van der Waals surface area contributed by atoms with Crippen LogP contribution in [0.5, 0.6) is 11.5 Å². The largest absolute Gasteiger partial charge is 0.497 e. The fourth-order valence-corrected chi connectivity index (χ4v) is 3.63. The maximum absolute atomic E-state index is 12.8. The minimum atomic E-state index is -0.244. The van der Waals surface area contributed by atoms with Crippen molar-refractivity contribution in [1.29, 1.82) is 0 Å². The maximum atomic E-state index is 12.8. The van der Waals surface area contributed by atoms with E-state index in [1.807, 2.05) is 42.2 Å². The molecule has 0 aliphatic carbocycles. The van der Waals surface area contributed by atoms with E-state index in [2.05, 4.69) is 5.32 Å². The number of methoxy groups -OCH3 is 2. The summed E-state index contributed by atoms with van der Waals surface area (Å²) >= 11 is 0. The molecular weight excluding hydrogens is 356 g/mol. The van der Waals surface area contributed by atoms with E-state index in [1.54, 1.807) is 26.4 Å². The zero-order valence-electron chi connectivity index (χ0n) is 16.5. The van der Waals surface area contributed by atoms with Crippen LogP contribution in [0.1, 0.15) is 40.4 Å². The van der Waals surface area contributed by atoms with Gasteiger partial charge in [-0.2, -0.15) is 0 Å². The molecule has 1 aliphatic heterocycles. The highest BCUT2D eigenvalue weighted by Crippen LogP contribution is 2.38. The number of nitrogens with zero attached hydrogens (tertiary/aromatic N) is 1. The van der Waals surface area contributed by atoms with Gasteiger partial charge in [-0.05, 0) is 50.1 Å². The highest BCUT2D eigenvalue weighted by atomic mass is 16.5. The van der Waals surface area contributed by atoms with Gasteiger partial charge < -0.3 is 19.7 Å². The van der Waals surface area contributed by atoms with E-state index in [-0.39, 0.29) is 24.4 Å². The van der Waals surface area contributed by atoms with Crippen molar-refractivity contribution in [2.24, 2.45) is 0 Å². The Hall–Kier alpha value is -3.02.